The summed E-state index contributed by atoms with van der Waals surface area (Å²) in [6.45, 7) is 0.480. The van der Waals surface area contributed by atoms with Crippen LogP contribution in [0.1, 0.15) is 29.4 Å². The highest BCUT2D eigenvalue weighted by atomic mass is 16.3. The van der Waals surface area contributed by atoms with Crippen LogP contribution in [-0.4, -0.2) is 15.7 Å². The van der Waals surface area contributed by atoms with Gasteiger partial charge in [0.1, 0.15) is 23.9 Å². The number of furan rings is 2. The van der Waals surface area contributed by atoms with Crippen molar-refractivity contribution >= 4 is 11.7 Å². The molecule has 0 bridgehead atoms. The molecule has 1 aliphatic heterocycles. The smallest absolute Gasteiger partial charge is 0.226 e. The van der Waals surface area contributed by atoms with Crippen LogP contribution in [0, 0.1) is 0 Å². The van der Waals surface area contributed by atoms with Gasteiger partial charge in [-0.15, -0.1) is 0 Å². The molecule has 1 amide bonds. The number of carbonyl (C=O) groups excluding carboxylic acids is 1. The second-order valence-corrected chi connectivity index (χ2v) is 5.01. The summed E-state index contributed by atoms with van der Waals surface area (Å²) in [6.07, 6.45) is 5.39. The van der Waals surface area contributed by atoms with Crippen molar-refractivity contribution in [2.45, 2.75) is 18.9 Å². The average molecular weight is 283 g/mol. The third-order valence-electron chi connectivity index (χ3n) is 3.66. The molecule has 1 N–H and O–H groups in total. The molecular formula is C15H13N3O3. The summed E-state index contributed by atoms with van der Waals surface area (Å²) in [6, 6.07) is 7.42. The van der Waals surface area contributed by atoms with Gasteiger partial charge < -0.3 is 14.2 Å². The first-order valence-electron chi connectivity index (χ1n) is 6.72. The van der Waals surface area contributed by atoms with Crippen molar-refractivity contribution in [3.63, 3.8) is 0 Å². The molecule has 4 rings (SSSR count). The maximum Gasteiger partial charge on any atom is 0.226 e. The molecule has 4 heterocycles. The minimum atomic E-state index is -0.0888. The fourth-order valence-corrected chi connectivity index (χ4v) is 2.68. The zero-order valence-electron chi connectivity index (χ0n) is 11.2. The molecule has 0 spiro atoms. The van der Waals surface area contributed by atoms with E-state index in [9.17, 15) is 4.79 Å². The van der Waals surface area contributed by atoms with Crippen LogP contribution in [0.2, 0.25) is 0 Å². The highest BCUT2D eigenvalue weighted by Gasteiger charge is 2.31. The van der Waals surface area contributed by atoms with E-state index >= 15 is 0 Å². The maximum atomic E-state index is 12.0. The number of aromatic nitrogens is 2. The molecule has 0 fully saturated rings. The van der Waals surface area contributed by atoms with Gasteiger partial charge in [0.25, 0.3) is 0 Å². The zero-order valence-corrected chi connectivity index (χ0v) is 11.2. The topological polar surface area (TPSA) is 73.2 Å². The van der Waals surface area contributed by atoms with Gasteiger partial charge >= 0.3 is 0 Å². The van der Waals surface area contributed by atoms with Gasteiger partial charge in [-0.05, 0) is 24.3 Å². The van der Waals surface area contributed by atoms with Crippen LogP contribution < -0.4 is 5.32 Å². The summed E-state index contributed by atoms with van der Waals surface area (Å²) < 4.78 is 12.5. The van der Waals surface area contributed by atoms with Crippen molar-refractivity contribution < 1.29 is 13.6 Å². The average Bonchev–Trinajstić information content (AvgIpc) is 3.20. The molecule has 3 aromatic heterocycles. The highest BCUT2D eigenvalue weighted by molar-refractivity contribution is 5.94. The quantitative estimate of drug-likeness (QED) is 0.801. The Hall–Kier alpha value is -2.76. The van der Waals surface area contributed by atoms with Gasteiger partial charge in [0.2, 0.25) is 5.91 Å². The fraction of sp³-hybridized carbons (Fsp3) is 0.200. The van der Waals surface area contributed by atoms with Crippen LogP contribution >= 0.6 is 0 Å². The predicted molar refractivity (Wildman–Crippen MR) is 73.8 cm³/mol. The van der Waals surface area contributed by atoms with Gasteiger partial charge in [-0.1, -0.05) is 0 Å². The highest BCUT2D eigenvalue weighted by Crippen LogP contribution is 2.37. The van der Waals surface area contributed by atoms with E-state index in [2.05, 4.69) is 10.4 Å². The number of anilines is 1. The molecule has 0 saturated heterocycles. The van der Waals surface area contributed by atoms with Crippen LogP contribution in [-0.2, 0) is 11.3 Å². The van der Waals surface area contributed by atoms with E-state index in [1.807, 2.05) is 24.3 Å². The fourth-order valence-electron chi connectivity index (χ4n) is 2.68. The summed E-state index contributed by atoms with van der Waals surface area (Å²) in [7, 11) is 0. The normalized spacial score (nSPS) is 17.5. The van der Waals surface area contributed by atoms with Crippen LogP contribution in [0.4, 0.5) is 5.82 Å². The van der Waals surface area contributed by atoms with Crippen LogP contribution in [0.5, 0.6) is 0 Å². The Bertz CT molecular complexity index is 756. The Kier molecular flexibility index (Phi) is 2.67. The SMILES string of the molecule is O=C1C[C@H](c2ccco2)c2cnn(Cc3ccco3)c2N1. The summed E-state index contributed by atoms with van der Waals surface area (Å²) in [4.78, 5) is 12.0. The molecule has 1 aliphatic rings. The monoisotopic (exact) mass is 283 g/mol. The first-order chi connectivity index (χ1) is 10.3. The Morgan fingerprint density at radius 1 is 1.29 bits per heavy atom. The molecular weight excluding hydrogens is 270 g/mol. The van der Waals surface area contributed by atoms with E-state index in [4.69, 9.17) is 8.83 Å². The van der Waals surface area contributed by atoms with Gasteiger partial charge in [0, 0.05) is 12.0 Å². The van der Waals surface area contributed by atoms with E-state index in [0.717, 1.165) is 17.1 Å². The molecule has 21 heavy (non-hydrogen) atoms. The maximum absolute atomic E-state index is 12.0. The van der Waals surface area contributed by atoms with Gasteiger partial charge in [-0.3, -0.25) is 4.79 Å². The van der Waals surface area contributed by atoms with Gasteiger partial charge in [-0.25, -0.2) is 4.68 Å². The standard InChI is InChI=1S/C15H13N3O3/c19-14-7-11(13-4-2-6-21-13)12-8-16-18(15(12)17-14)9-10-3-1-5-20-10/h1-6,8,11H,7,9H2,(H,17,19)/t11-/m0/s1. The van der Waals surface area contributed by atoms with Crippen molar-refractivity contribution in [2.75, 3.05) is 5.32 Å². The van der Waals surface area contributed by atoms with E-state index < -0.39 is 0 Å². The van der Waals surface area contributed by atoms with E-state index in [1.165, 1.54) is 0 Å². The first-order valence-corrected chi connectivity index (χ1v) is 6.72. The van der Waals surface area contributed by atoms with E-state index in [-0.39, 0.29) is 11.8 Å². The summed E-state index contributed by atoms with van der Waals surface area (Å²) in [5.74, 6) is 2.15. The predicted octanol–water partition coefficient (Wildman–Crippen LogP) is 2.59. The number of nitrogens with zero attached hydrogens (tertiary/aromatic N) is 2. The van der Waals surface area contributed by atoms with Crippen molar-refractivity contribution in [1.82, 2.24) is 9.78 Å². The molecule has 0 radical (unpaired) electrons. The molecule has 106 valence electrons. The van der Waals surface area contributed by atoms with E-state index in [1.54, 1.807) is 23.4 Å². The molecule has 3 aromatic rings. The van der Waals surface area contributed by atoms with Gasteiger partial charge in [0.05, 0.1) is 24.6 Å². The molecule has 1 atom stereocenters. The molecule has 0 aromatic carbocycles. The number of hydrogen-bond donors (Lipinski definition) is 1. The van der Waals surface area contributed by atoms with E-state index in [0.29, 0.717) is 18.8 Å². The number of rotatable bonds is 3. The molecule has 0 saturated carbocycles. The molecule has 0 unspecified atom stereocenters. The van der Waals surface area contributed by atoms with Gasteiger partial charge in [0.15, 0.2) is 0 Å². The van der Waals surface area contributed by atoms with Crippen LogP contribution in [0.15, 0.2) is 51.8 Å². The minimum Gasteiger partial charge on any atom is -0.469 e. The van der Waals surface area contributed by atoms with Gasteiger partial charge in [-0.2, -0.15) is 5.10 Å². The minimum absolute atomic E-state index is 0.0369. The first kappa shape index (κ1) is 12.0. The lowest BCUT2D eigenvalue weighted by molar-refractivity contribution is -0.116. The Morgan fingerprint density at radius 2 is 2.14 bits per heavy atom. The molecule has 6 heteroatoms. The number of nitrogens with one attached hydrogen (secondary N) is 1. The third kappa shape index (κ3) is 2.05. The number of hydrogen-bond acceptors (Lipinski definition) is 4. The molecule has 0 aliphatic carbocycles. The Morgan fingerprint density at radius 3 is 2.90 bits per heavy atom. The summed E-state index contributed by atoms with van der Waals surface area (Å²) in [5, 5.41) is 7.26. The second-order valence-electron chi connectivity index (χ2n) is 5.01. The largest absolute Gasteiger partial charge is 0.469 e. The number of carbonyl (C=O) groups is 1. The Labute approximate surface area is 120 Å². The lowest BCUT2D eigenvalue weighted by Crippen LogP contribution is -2.24. The Balaban J connectivity index is 1.73. The third-order valence-corrected chi connectivity index (χ3v) is 3.66. The second kappa shape index (κ2) is 4.66. The van der Waals surface area contributed by atoms with Crippen molar-refractivity contribution in [3.05, 3.63) is 60.1 Å². The summed E-state index contributed by atoms with van der Waals surface area (Å²) in [5.41, 5.74) is 0.969. The number of fused-ring (bicyclic) bond motifs is 1. The van der Waals surface area contributed by atoms with Crippen LogP contribution in [0.25, 0.3) is 0 Å². The zero-order chi connectivity index (χ0) is 14.2. The number of amides is 1. The lowest BCUT2D eigenvalue weighted by Gasteiger charge is -2.21. The lowest BCUT2D eigenvalue weighted by atomic mass is 9.92. The van der Waals surface area contributed by atoms with Crippen molar-refractivity contribution in [2.24, 2.45) is 0 Å². The van der Waals surface area contributed by atoms with Crippen molar-refractivity contribution in [1.29, 1.82) is 0 Å². The summed E-state index contributed by atoms with van der Waals surface area (Å²) >= 11 is 0. The van der Waals surface area contributed by atoms with Crippen LogP contribution in [0.3, 0.4) is 0 Å². The molecule has 6 nitrogen and oxygen atoms in total. The van der Waals surface area contributed by atoms with Crippen molar-refractivity contribution in [3.8, 4) is 0 Å².